The molecule has 0 bridgehead atoms. The Labute approximate surface area is 94.7 Å². The van der Waals surface area contributed by atoms with E-state index in [1.54, 1.807) is 0 Å². The molecule has 0 spiro atoms. The third-order valence-corrected chi connectivity index (χ3v) is 2.92. The summed E-state index contributed by atoms with van der Waals surface area (Å²) in [6.07, 6.45) is 7.24. The molecule has 1 aromatic rings. The van der Waals surface area contributed by atoms with Gasteiger partial charge in [-0.1, -0.05) is 44.9 Å². The van der Waals surface area contributed by atoms with Crippen LogP contribution in [0.1, 0.15) is 49.3 Å². The van der Waals surface area contributed by atoms with Crippen LogP contribution in [0, 0.1) is 13.8 Å². The molecule has 0 heteroatoms. The zero-order valence-corrected chi connectivity index (χ0v) is 10.2. The summed E-state index contributed by atoms with van der Waals surface area (Å²) in [6, 6.07) is 6.95. The lowest BCUT2D eigenvalue weighted by atomic mass is 9.98. The number of unbranched alkanes of at least 4 members (excludes halogenated alkanes) is 2. The molecule has 0 atom stereocenters. The molecule has 0 aliphatic rings. The molecule has 0 nitrogen and oxygen atoms in total. The van der Waals surface area contributed by atoms with Crippen LogP contribution in [0.15, 0.2) is 18.2 Å². The van der Waals surface area contributed by atoms with E-state index in [-0.39, 0.29) is 0 Å². The number of aryl methyl sites for hydroxylation is 3. The van der Waals surface area contributed by atoms with Crippen LogP contribution in [0.5, 0.6) is 0 Å². The third kappa shape index (κ3) is 4.07. The topological polar surface area (TPSA) is 0 Å². The van der Waals surface area contributed by atoms with Crippen molar-refractivity contribution in [3.63, 3.8) is 0 Å². The fourth-order valence-electron chi connectivity index (χ4n) is 1.89. The van der Waals surface area contributed by atoms with E-state index in [0.717, 1.165) is 6.42 Å². The first kappa shape index (κ1) is 12.3. The van der Waals surface area contributed by atoms with Gasteiger partial charge in [-0.15, -0.1) is 0 Å². The molecule has 0 amide bonds. The maximum atomic E-state index is 3.89. The van der Waals surface area contributed by atoms with Crippen molar-refractivity contribution in [3.8, 4) is 0 Å². The van der Waals surface area contributed by atoms with Gasteiger partial charge in [0.2, 0.25) is 0 Å². The van der Waals surface area contributed by atoms with Crippen molar-refractivity contribution in [3.05, 3.63) is 41.8 Å². The first-order valence-corrected chi connectivity index (χ1v) is 6.15. The molecule has 0 unspecified atom stereocenters. The van der Waals surface area contributed by atoms with Gasteiger partial charge in [0.15, 0.2) is 0 Å². The Hall–Kier alpha value is -0.780. The lowest BCUT2D eigenvalue weighted by Gasteiger charge is -2.07. The van der Waals surface area contributed by atoms with Crippen molar-refractivity contribution in [1.82, 2.24) is 0 Å². The van der Waals surface area contributed by atoms with Gasteiger partial charge in [-0.25, -0.2) is 0 Å². The van der Waals surface area contributed by atoms with Crippen LogP contribution in [-0.2, 0) is 12.8 Å². The van der Waals surface area contributed by atoms with Crippen molar-refractivity contribution in [2.75, 3.05) is 0 Å². The van der Waals surface area contributed by atoms with E-state index >= 15 is 0 Å². The van der Waals surface area contributed by atoms with Gasteiger partial charge in [0.25, 0.3) is 0 Å². The second-order valence-corrected chi connectivity index (χ2v) is 4.32. The van der Waals surface area contributed by atoms with Gasteiger partial charge >= 0.3 is 0 Å². The summed E-state index contributed by atoms with van der Waals surface area (Å²) < 4.78 is 0. The molecule has 15 heavy (non-hydrogen) atoms. The van der Waals surface area contributed by atoms with Crippen molar-refractivity contribution in [2.24, 2.45) is 0 Å². The van der Waals surface area contributed by atoms with E-state index in [1.807, 2.05) is 0 Å². The van der Waals surface area contributed by atoms with Gasteiger partial charge in [0.1, 0.15) is 0 Å². The minimum atomic E-state index is 1.04. The minimum Gasteiger partial charge on any atom is -0.0654 e. The number of hydrogen-bond acceptors (Lipinski definition) is 0. The second-order valence-electron chi connectivity index (χ2n) is 4.32. The van der Waals surface area contributed by atoms with Gasteiger partial charge in [0, 0.05) is 0 Å². The summed E-state index contributed by atoms with van der Waals surface area (Å²) >= 11 is 0. The number of rotatable bonds is 6. The highest BCUT2D eigenvalue weighted by atomic mass is 14.0. The average molecular weight is 203 g/mol. The van der Waals surface area contributed by atoms with E-state index < -0.39 is 0 Å². The highest BCUT2D eigenvalue weighted by Gasteiger charge is 1.99. The second kappa shape index (κ2) is 6.66. The fraction of sp³-hybridized carbons (Fsp3) is 0.533. The monoisotopic (exact) mass is 203 g/mol. The summed E-state index contributed by atoms with van der Waals surface area (Å²) in [6.45, 7) is 8.36. The van der Waals surface area contributed by atoms with Crippen LogP contribution in [0.25, 0.3) is 0 Å². The van der Waals surface area contributed by atoms with E-state index in [4.69, 9.17) is 0 Å². The zero-order valence-electron chi connectivity index (χ0n) is 10.2. The molecule has 83 valence electrons. The summed E-state index contributed by atoms with van der Waals surface area (Å²) in [5.41, 5.74) is 4.45. The highest BCUT2D eigenvalue weighted by molar-refractivity contribution is 5.31. The standard InChI is InChI=1S/C15H23/c1-4-6-8-14-10-11-15(9-7-5-2)13(3)12-14/h10-12H,2,4-9H2,1,3H3. The Morgan fingerprint density at radius 3 is 2.53 bits per heavy atom. The van der Waals surface area contributed by atoms with E-state index in [1.165, 1.54) is 48.8 Å². The van der Waals surface area contributed by atoms with Gasteiger partial charge < -0.3 is 0 Å². The Bertz CT molecular complexity index is 286. The first-order valence-electron chi connectivity index (χ1n) is 6.15. The molecular weight excluding hydrogens is 180 g/mol. The molecule has 0 heterocycles. The van der Waals surface area contributed by atoms with E-state index in [0.29, 0.717) is 0 Å². The van der Waals surface area contributed by atoms with Crippen molar-refractivity contribution in [1.29, 1.82) is 0 Å². The number of benzene rings is 1. The SMILES string of the molecule is [CH2]CCCc1ccc(CCCC)cc1C. The Kier molecular flexibility index (Phi) is 5.45. The van der Waals surface area contributed by atoms with Crippen molar-refractivity contribution < 1.29 is 0 Å². The molecule has 0 saturated carbocycles. The van der Waals surface area contributed by atoms with Crippen LogP contribution in [0.3, 0.4) is 0 Å². The van der Waals surface area contributed by atoms with Gasteiger partial charge in [-0.3, -0.25) is 0 Å². The normalized spacial score (nSPS) is 10.6. The van der Waals surface area contributed by atoms with Crippen molar-refractivity contribution in [2.45, 2.75) is 52.4 Å². The van der Waals surface area contributed by atoms with Crippen LogP contribution in [0.2, 0.25) is 0 Å². The molecule has 0 N–H and O–H groups in total. The summed E-state index contributed by atoms with van der Waals surface area (Å²) in [5.74, 6) is 0. The molecule has 0 aliphatic carbocycles. The summed E-state index contributed by atoms with van der Waals surface area (Å²) in [4.78, 5) is 0. The maximum absolute atomic E-state index is 3.89. The summed E-state index contributed by atoms with van der Waals surface area (Å²) in [7, 11) is 0. The Morgan fingerprint density at radius 1 is 1.13 bits per heavy atom. The van der Waals surface area contributed by atoms with E-state index in [2.05, 4.69) is 39.0 Å². The molecule has 0 fully saturated rings. The van der Waals surface area contributed by atoms with Gasteiger partial charge in [0.05, 0.1) is 0 Å². The van der Waals surface area contributed by atoms with Crippen LogP contribution >= 0.6 is 0 Å². The maximum Gasteiger partial charge on any atom is -0.0276 e. The lowest BCUT2D eigenvalue weighted by Crippen LogP contribution is -1.92. The van der Waals surface area contributed by atoms with Gasteiger partial charge in [-0.2, -0.15) is 0 Å². The molecule has 0 aliphatic heterocycles. The van der Waals surface area contributed by atoms with Crippen LogP contribution in [0.4, 0.5) is 0 Å². The van der Waals surface area contributed by atoms with Crippen LogP contribution in [-0.4, -0.2) is 0 Å². The Balaban J connectivity index is 2.61. The highest BCUT2D eigenvalue weighted by Crippen LogP contribution is 2.15. The fourth-order valence-corrected chi connectivity index (χ4v) is 1.89. The molecule has 1 radical (unpaired) electrons. The largest absolute Gasteiger partial charge is 0.0654 e. The predicted octanol–water partition coefficient (Wildman–Crippen LogP) is 4.49. The minimum absolute atomic E-state index is 1.04. The lowest BCUT2D eigenvalue weighted by molar-refractivity contribution is 0.791. The molecular formula is C15H23. The molecule has 1 aromatic carbocycles. The van der Waals surface area contributed by atoms with E-state index in [9.17, 15) is 0 Å². The molecule has 1 rings (SSSR count). The van der Waals surface area contributed by atoms with Crippen molar-refractivity contribution >= 4 is 0 Å². The quantitative estimate of drug-likeness (QED) is 0.639. The number of hydrogen-bond donors (Lipinski definition) is 0. The molecule has 0 aromatic heterocycles. The predicted molar refractivity (Wildman–Crippen MR) is 68.1 cm³/mol. The molecule has 0 saturated heterocycles. The third-order valence-electron chi connectivity index (χ3n) is 2.92. The van der Waals surface area contributed by atoms with Crippen LogP contribution < -0.4 is 0 Å². The first-order chi connectivity index (χ1) is 7.27. The van der Waals surface area contributed by atoms with Gasteiger partial charge in [-0.05, 0) is 49.3 Å². The smallest absolute Gasteiger partial charge is 0.0276 e. The zero-order chi connectivity index (χ0) is 11.1. The average Bonchev–Trinajstić information content (AvgIpc) is 2.25. The summed E-state index contributed by atoms with van der Waals surface area (Å²) in [5, 5.41) is 0. The Morgan fingerprint density at radius 2 is 1.93 bits per heavy atom.